The van der Waals surface area contributed by atoms with Crippen molar-refractivity contribution < 1.29 is 18.8 Å². The molecule has 1 aliphatic rings. The number of carbonyl (C=O) groups excluding carboxylic acids is 3. The molecule has 0 unspecified atom stereocenters. The van der Waals surface area contributed by atoms with Crippen molar-refractivity contribution >= 4 is 29.5 Å². The molecule has 1 aromatic carbocycles. The van der Waals surface area contributed by atoms with E-state index in [0.29, 0.717) is 0 Å². The van der Waals surface area contributed by atoms with Gasteiger partial charge in [-0.25, -0.2) is 4.39 Å². The summed E-state index contributed by atoms with van der Waals surface area (Å²) in [6.07, 6.45) is 0. The average Bonchev–Trinajstić information content (AvgIpc) is 2.49. The molecule has 0 aliphatic carbocycles. The maximum absolute atomic E-state index is 12.8. The van der Waals surface area contributed by atoms with Gasteiger partial charge in [0.15, 0.2) is 0 Å². The van der Waals surface area contributed by atoms with Crippen molar-refractivity contribution in [3.8, 4) is 0 Å². The second kappa shape index (κ2) is 6.91. The molecule has 1 aromatic rings. The quantitative estimate of drug-likeness (QED) is 0.849. The fourth-order valence-electron chi connectivity index (χ4n) is 2.13. The number of carbonyl (C=O) groups is 3. The zero-order valence-electron chi connectivity index (χ0n) is 12.3. The van der Waals surface area contributed by atoms with Gasteiger partial charge < -0.3 is 5.32 Å². The highest BCUT2D eigenvalue weighted by Crippen LogP contribution is 2.26. The first kappa shape index (κ1) is 16.5. The van der Waals surface area contributed by atoms with E-state index < -0.39 is 5.91 Å². The molecule has 22 heavy (non-hydrogen) atoms. The highest BCUT2D eigenvalue weighted by atomic mass is 32.2. The fourth-order valence-corrected chi connectivity index (χ4v) is 3.23. The maximum atomic E-state index is 12.8. The number of imide groups is 1. The second-order valence-electron chi connectivity index (χ2n) is 5.09. The van der Waals surface area contributed by atoms with Crippen molar-refractivity contribution in [1.29, 1.82) is 0 Å². The number of halogens is 1. The third-order valence-electron chi connectivity index (χ3n) is 3.34. The molecule has 1 saturated heterocycles. The van der Waals surface area contributed by atoms with Crippen molar-refractivity contribution in [2.24, 2.45) is 0 Å². The van der Waals surface area contributed by atoms with Gasteiger partial charge in [0, 0.05) is 6.54 Å². The molecule has 0 bridgehead atoms. The van der Waals surface area contributed by atoms with Crippen molar-refractivity contribution in [2.75, 3.05) is 6.54 Å². The number of nitrogens with one attached hydrogen (secondary N) is 1. The van der Waals surface area contributed by atoms with Crippen molar-refractivity contribution in [3.05, 3.63) is 35.6 Å². The molecule has 1 N–H and O–H groups in total. The van der Waals surface area contributed by atoms with Crippen LogP contribution in [0, 0.1) is 5.82 Å². The third kappa shape index (κ3) is 3.85. The van der Waals surface area contributed by atoms with Crippen LogP contribution >= 0.6 is 11.8 Å². The summed E-state index contributed by atoms with van der Waals surface area (Å²) in [5.41, 5.74) is 0.739. The van der Waals surface area contributed by atoms with E-state index >= 15 is 0 Å². The van der Waals surface area contributed by atoms with E-state index in [9.17, 15) is 18.8 Å². The molecule has 1 heterocycles. The molecule has 2 rings (SSSR count). The Labute approximate surface area is 132 Å². The van der Waals surface area contributed by atoms with Gasteiger partial charge in [-0.2, -0.15) is 0 Å². The Balaban J connectivity index is 1.91. The number of rotatable bonds is 4. The molecular weight excluding hydrogens is 307 g/mol. The molecule has 0 radical (unpaired) electrons. The molecule has 0 spiro atoms. The minimum absolute atomic E-state index is 0.217. The lowest BCUT2D eigenvalue weighted by atomic mass is 10.2. The van der Waals surface area contributed by atoms with E-state index in [1.807, 2.05) is 0 Å². The number of hydrogen-bond acceptors (Lipinski definition) is 4. The minimum Gasteiger partial charge on any atom is -0.350 e. The average molecular weight is 324 g/mol. The van der Waals surface area contributed by atoms with E-state index in [4.69, 9.17) is 0 Å². The Kier molecular flexibility index (Phi) is 5.18. The summed E-state index contributed by atoms with van der Waals surface area (Å²) < 4.78 is 12.8. The first-order valence-corrected chi connectivity index (χ1v) is 7.84. The number of amides is 3. The van der Waals surface area contributed by atoms with Crippen LogP contribution in [0.5, 0.6) is 0 Å². The first-order valence-electron chi connectivity index (χ1n) is 6.90. The summed E-state index contributed by atoms with van der Waals surface area (Å²) in [4.78, 5) is 36.9. The third-order valence-corrected chi connectivity index (χ3v) is 4.56. The molecule has 118 valence electrons. The second-order valence-corrected chi connectivity index (χ2v) is 6.77. The molecule has 2 atom stereocenters. The smallest absolute Gasteiger partial charge is 0.242 e. The summed E-state index contributed by atoms with van der Waals surface area (Å²) in [7, 11) is 0. The maximum Gasteiger partial charge on any atom is 0.242 e. The van der Waals surface area contributed by atoms with Crippen LogP contribution in [0.25, 0.3) is 0 Å². The van der Waals surface area contributed by atoms with Gasteiger partial charge in [-0.05, 0) is 31.5 Å². The van der Waals surface area contributed by atoms with Gasteiger partial charge in [0.05, 0.1) is 10.5 Å². The Morgan fingerprint density at radius 3 is 2.27 bits per heavy atom. The summed E-state index contributed by atoms with van der Waals surface area (Å²) in [6.45, 7) is 3.38. The van der Waals surface area contributed by atoms with E-state index in [-0.39, 0.29) is 41.2 Å². The van der Waals surface area contributed by atoms with Gasteiger partial charge in [0.1, 0.15) is 12.4 Å². The molecule has 3 amide bonds. The number of nitrogens with zero attached hydrogens (tertiary/aromatic N) is 1. The number of thioether (sulfide) groups is 1. The Morgan fingerprint density at radius 2 is 1.73 bits per heavy atom. The van der Waals surface area contributed by atoms with Crippen LogP contribution in [0.15, 0.2) is 24.3 Å². The topological polar surface area (TPSA) is 66.5 Å². The van der Waals surface area contributed by atoms with Gasteiger partial charge in [-0.15, -0.1) is 11.8 Å². The Morgan fingerprint density at radius 1 is 1.18 bits per heavy atom. The predicted molar refractivity (Wildman–Crippen MR) is 81.5 cm³/mol. The highest BCUT2D eigenvalue weighted by molar-refractivity contribution is 8.02. The Hall–Kier alpha value is -1.89. The normalized spacial score (nSPS) is 21.9. The molecule has 7 heteroatoms. The van der Waals surface area contributed by atoms with Crippen LogP contribution < -0.4 is 5.32 Å². The highest BCUT2D eigenvalue weighted by Gasteiger charge is 2.37. The van der Waals surface area contributed by atoms with Gasteiger partial charge in [0.2, 0.25) is 17.7 Å². The molecule has 5 nitrogen and oxygen atoms in total. The van der Waals surface area contributed by atoms with E-state index in [0.717, 1.165) is 10.5 Å². The largest absolute Gasteiger partial charge is 0.350 e. The van der Waals surface area contributed by atoms with Gasteiger partial charge in [0.25, 0.3) is 0 Å². The van der Waals surface area contributed by atoms with Gasteiger partial charge >= 0.3 is 0 Å². The van der Waals surface area contributed by atoms with E-state index in [2.05, 4.69) is 5.32 Å². The lowest BCUT2D eigenvalue weighted by Crippen LogP contribution is -2.53. The van der Waals surface area contributed by atoms with Crippen molar-refractivity contribution in [1.82, 2.24) is 10.2 Å². The fraction of sp³-hybridized carbons (Fsp3) is 0.400. The predicted octanol–water partition coefficient (Wildman–Crippen LogP) is 1.32. The van der Waals surface area contributed by atoms with Crippen LogP contribution in [-0.4, -0.2) is 39.7 Å². The number of hydrogen-bond donors (Lipinski definition) is 1. The molecule has 1 fully saturated rings. The monoisotopic (exact) mass is 324 g/mol. The summed E-state index contributed by atoms with van der Waals surface area (Å²) in [6, 6.07) is 5.74. The van der Waals surface area contributed by atoms with Crippen molar-refractivity contribution in [3.63, 3.8) is 0 Å². The number of benzene rings is 1. The standard InChI is InChI=1S/C15H17FN2O3S/c1-9-14(20)18(15(21)10(2)22-9)8-13(19)17-7-11-3-5-12(16)6-4-11/h3-6,9-10H,7-8H2,1-2H3,(H,17,19)/t9-,10-/m1/s1. The van der Waals surface area contributed by atoms with Crippen LogP contribution in [0.1, 0.15) is 19.4 Å². The zero-order chi connectivity index (χ0) is 16.3. The lowest BCUT2D eigenvalue weighted by Gasteiger charge is -2.31. The SMILES string of the molecule is C[C@H]1S[C@H](C)C(=O)N(CC(=O)NCc2ccc(F)cc2)C1=O. The Bertz CT molecular complexity index is 571. The summed E-state index contributed by atoms with van der Waals surface area (Å²) >= 11 is 1.29. The minimum atomic E-state index is -0.419. The zero-order valence-corrected chi connectivity index (χ0v) is 13.2. The summed E-state index contributed by atoms with van der Waals surface area (Å²) in [5, 5.41) is 1.95. The van der Waals surface area contributed by atoms with Crippen LogP contribution in [0.4, 0.5) is 4.39 Å². The molecule has 0 saturated carbocycles. The van der Waals surface area contributed by atoms with E-state index in [1.54, 1.807) is 26.0 Å². The first-order chi connectivity index (χ1) is 10.4. The molecule has 0 aromatic heterocycles. The van der Waals surface area contributed by atoms with Gasteiger partial charge in [-0.3, -0.25) is 19.3 Å². The molecular formula is C15H17FN2O3S. The van der Waals surface area contributed by atoms with Crippen LogP contribution in [0.3, 0.4) is 0 Å². The van der Waals surface area contributed by atoms with Gasteiger partial charge in [-0.1, -0.05) is 12.1 Å². The van der Waals surface area contributed by atoms with Crippen molar-refractivity contribution in [2.45, 2.75) is 30.9 Å². The van der Waals surface area contributed by atoms with E-state index in [1.165, 1.54) is 23.9 Å². The van der Waals surface area contributed by atoms with Crippen LogP contribution in [0.2, 0.25) is 0 Å². The summed E-state index contributed by atoms with van der Waals surface area (Å²) in [5.74, 6) is -1.45. The van der Waals surface area contributed by atoms with Crippen LogP contribution in [-0.2, 0) is 20.9 Å². The molecule has 1 aliphatic heterocycles. The lowest BCUT2D eigenvalue weighted by molar-refractivity contribution is -0.147.